The summed E-state index contributed by atoms with van der Waals surface area (Å²) < 4.78 is 17.0. The van der Waals surface area contributed by atoms with Gasteiger partial charge in [0.15, 0.2) is 0 Å². The Kier molecular flexibility index (Phi) is 9.80. The molecule has 2 aromatic carbocycles. The van der Waals surface area contributed by atoms with Crippen LogP contribution in [-0.4, -0.2) is 44.4 Å². The molecule has 4 heteroatoms. The van der Waals surface area contributed by atoms with Crippen molar-refractivity contribution in [3.63, 3.8) is 0 Å². The second kappa shape index (κ2) is 12.5. The van der Waals surface area contributed by atoms with Crippen molar-refractivity contribution in [2.24, 2.45) is 0 Å². The van der Waals surface area contributed by atoms with Gasteiger partial charge in [0.1, 0.15) is 12.4 Å². The number of rotatable bonds is 13. The van der Waals surface area contributed by atoms with Gasteiger partial charge in [0.2, 0.25) is 0 Å². The molecule has 0 amide bonds. The Morgan fingerprint density at radius 2 is 1.31 bits per heavy atom. The van der Waals surface area contributed by atoms with Gasteiger partial charge in [-0.25, -0.2) is 0 Å². The van der Waals surface area contributed by atoms with Crippen molar-refractivity contribution in [2.45, 2.75) is 27.0 Å². The molecule has 0 bridgehead atoms. The van der Waals surface area contributed by atoms with Crippen molar-refractivity contribution < 1.29 is 14.2 Å². The van der Waals surface area contributed by atoms with Crippen LogP contribution < -0.4 is 4.74 Å². The average Bonchev–Trinajstić information content (AvgIpc) is 2.68. The van der Waals surface area contributed by atoms with Gasteiger partial charge in [0.25, 0.3) is 0 Å². The minimum Gasteiger partial charge on any atom is -0.489 e. The van der Waals surface area contributed by atoms with Crippen LogP contribution in [0.4, 0.5) is 0 Å². The first kappa shape index (κ1) is 20.4. The van der Waals surface area contributed by atoms with Gasteiger partial charge in [-0.1, -0.05) is 42.5 Å². The van der Waals surface area contributed by atoms with Gasteiger partial charge in [0.05, 0.1) is 13.2 Å². The van der Waals surface area contributed by atoms with Crippen LogP contribution in [0, 0.1) is 0 Å². The molecule has 0 saturated carbocycles. The zero-order chi connectivity index (χ0) is 18.5. The van der Waals surface area contributed by atoms with Crippen LogP contribution >= 0.6 is 0 Å². The molecule has 0 radical (unpaired) electrons. The van der Waals surface area contributed by atoms with Crippen LogP contribution in [0.25, 0.3) is 0 Å². The Hall–Kier alpha value is -1.88. The second-order valence-electron chi connectivity index (χ2n) is 6.04. The summed E-state index contributed by atoms with van der Waals surface area (Å²) in [4.78, 5) is 2.38. The molecule has 0 aromatic heterocycles. The standard InChI is InChI=1S/C22H31NO3/c1-3-24-16-14-23(15-17-25-4-2)18-20-10-8-9-11-21(20)19-26-22-12-6-5-7-13-22/h5-13H,3-4,14-19H2,1-2H3. The maximum absolute atomic E-state index is 5.94. The fraction of sp³-hybridized carbons (Fsp3) is 0.455. The van der Waals surface area contributed by atoms with E-state index in [4.69, 9.17) is 14.2 Å². The summed E-state index contributed by atoms with van der Waals surface area (Å²) in [6, 6.07) is 18.4. The molecule has 2 aromatic rings. The summed E-state index contributed by atoms with van der Waals surface area (Å²) in [7, 11) is 0. The molecule has 0 saturated heterocycles. The third-order valence-electron chi connectivity index (χ3n) is 4.16. The zero-order valence-corrected chi connectivity index (χ0v) is 16.0. The highest BCUT2D eigenvalue weighted by Crippen LogP contribution is 2.16. The third-order valence-corrected chi connectivity index (χ3v) is 4.16. The normalized spacial score (nSPS) is 11.0. The molecule has 0 unspecified atom stereocenters. The van der Waals surface area contributed by atoms with E-state index >= 15 is 0 Å². The van der Waals surface area contributed by atoms with Crippen LogP contribution in [-0.2, 0) is 22.6 Å². The first-order valence-electron chi connectivity index (χ1n) is 9.46. The Labute approximate surface area is 157 Å². The molecule has 0 N–H and O–H groups in total. The van der Waals surface area contributed by atoms with Gasteiger partial charge in [-0.05, 0) is 37.1 Å². The van der Waals surface area contributed by atoms with Crippen LogP contribution in [0.5, 0.6) is 5.75 Å². The fourth-order valence-electron chi connectivity index (χ4n) is 2.72. The molecule has 142 valence electrons. The number of para-hydroxylation sites is 1. The summed E-state index contributed by atoms with van der Waals surface area (Å²) in [6.45, 7) is 10.3. The van der Waals surface area contributed by atoms with Gasteiger partial charge in [-0.3, -0.25) is 4.90 Å². The lowest BCUT2D eigenvalue weighted by Gasteiger charge is -2.23. The maximum atomic E-state index is 5.94. The average molecular weight is 357 g/mol. The Morgan fingerprint density at radius 3 is 1.92 bits per heavy atom. The molecule has 0 spiro atoms. The quantitative estimate of drug-likeness (QED) is 0.504. The topological polar surface area (TPSA) is 30.9 Å². The van der Waals surface area contributed by atoms with E-state index in [0.29, 0.717) is 6.61 Å². The molecule has 0 aliphatic carbocycles. The third kappa shape index (κ3) is 7.56. The molecule has 4 nitrogen and oxygen atoms in total. The van der Waals surface area contributed by atoms with Crippen molar-refractivity contribution >= 4 is 0 Å². The second-order valence-corrected chi connectivity index (χ2v) is 6.04. The van der Waals surface area contributed by atoms with Crippen LogP contribution in [0.15, 0.2) is 54.6 Å². The Balaban J connectivity index is 1.97. The van der Waals surface area contributed by atoms with Gasteiger partial charge in [-0.2, -0.15) is 0 Å². The SMILES string of the molecule is CCOCCN(CCOCC)Cc1ccccc1COc1ccccc1. The highest BCUT2D eigenvalue weighted by molar-refractivity contribution is 5.28. The van der Waals surface area contributed by atoms with Crippen LogP contribution in [0.3, 0.4) is 0 Å². The summed E-state index contributed by atoms with van der Waals surface area (Å²) in [5, 5.41) is 0. The number of benzene rings is 2. The summed E-state index contributed by atoms with van der Waals surface area (Å²) in [5.74, 6) is 0.895. The van der Waals surface area contributed by atoms with E-state index in [9.17, 15) is 0 Å². The van der Waals surface area contributed by atoms with Crippen molar-refractivity contribution in [3.8, 4) is 5.75 Å². The van der Waals surface area contributed by atoms with Gasteiger partial charge < -0.3 is 14.2 Å². The number of hydrogen-bond donors (Lipinski definition) is 0. The van der Waals surface area contributed by atoms with E-state index in [1.54, 1.807) is 0 Å². The first-order chi connectivity index (χ1) is 12.8. The molecular formula is C22H31NO3. The minimum atomic E-state index is 0.574. The van der Waals surface area contributed by atoms with E-state index in [2.05, 4.69) is 29.2 Å². The number of hydrogen-bond acceptors (Lipinski definition) is 4. The largest absolute Gasteiger partial charge is 0.489 e. The van der Waals surface area contributed by atoms with Crippen molar-refractivity contribution in [3.05, 3.63) is 65.7 Å². The molecule has 0 aliphatic rings. The monoisotopic (exact) mass is 357 g/mol. The molecular weight excluding hydrogens is 326 g/mol. The molecule has 0 fully saturated rings. The van der Waals surface area contributed by atoms with E-state index < -0.39 is 0 Å². The van der Waals surface area contributed by atoms with Crippen molar-refractivity contribution in [1.82, 2.24) is 4.90 Å². The van der Waals surface area contributed by atoms with E-state index in [-0.39, 0.29) is 0 Å². The summed E-state index contributed by atoms with van der Waals surface area (Å²) >= 11 is 0. The Bertz CT molecular complexity index is 593. The number of nitrogens with zero attached hydrogens (tertiary/aromatic N) is 1. The van der Waals surface area contributed by atoms with E-state index in [1.807, 2.05) is 44.2 Å². The molecule has 2 rings (SSSR count). The highest BCUT2D eigenvalue weighted by atomic mass is 16.5. The molecule has 0 aliphatic heterocycles. The molecule has 0 atom stereocenters. The molecule has 0 heterocycles. The maximum Gasteiger partial charge on any atom is 0.119 e. The van der Waals surface area contributed by atoms with Crippen LogP contribution in [0.1, 0.15) is 25.0 Å². The van der Waals surface area contributed by atoms with Crippen molar-refractivity contribution in [1.29, 1.82) is 0 Å². The lowest BCUT2D eigenvalue weighted by atomic mass is 10.1. The smallest absolute Gasteiger partial charge is 0.119 e. The predicted octanol–water partition coefficient (Wildman–Crippen LogP) is 4.14. The van der Waals surface area contributed by atoms with Gasteiger partial charge in [0, 0.05) is 32.8 Å². The molecule has 26 heavy (non-hydrogen) atoms. The first-order valence-corrected chi connectivity index (χ1v) is 9.46. The Morgan fingerprint density at radius 1 is 0.731 bits per heavy atom. The number of ether oxygens (including phenoxy) is 3. The van der Waals surface area contributed by atoms with Gasteiger partial charge >= 0.3 is 0 Å². The highest BCUT2D eigenvalue weighted by Gasteiger charge is 2.10. The van der Waals surface area contributed by atoms with Crippen LogP contribution in [0.2, 0.25) is 0 Å². The zero-order valence-electron chi connectivity index (χ0n) is 16.0. The summed E-state index contributed by atoms with van der Waals surface area (Å²) in [6.07, 6.45) is 0. The van der Waals surface area contributed by atoms with Crippen molar-refractivity contribution in [2.75, 3.05) is 39.5 Å². The predicted molar refractivity (Wildman–Crippen MR) is 105 cm³/mol. The van der Waals surface area contributed by atoms with Gasteiger partial charge in [-0.15, -0.1) is 0 Å². The lowest BCUT2D eigenvalue weighted by molar-refractivity contribution is 0.0795. The fourth-order valence-corrected chi connectivity index (χ4v) is 2.72. The summed E-state index contributed by atoms with van der Waals surface area (Å²) in [5.41, 5.74) is 2.51. The lowest BCUT2D eigenvalue weighted by Crippen LogP contribution is -2.31. The minimum absolute atomic E-state index is 0.574. The van der Waals surface area contributed by atoms with E-state index in [1.165, 1.54) is 11.1 Å². The van der Waals surface area contributed by atoms with E-state index in [0.717, 1.165) is 51.8 Å².